The number of nitrogens with one attached hydrogen (secondary N) is 2. The number of amides is 1. The maximum atomic E-state index is 15.1. The van der Waals surface area contributed by atoms with Crippen molar-refractivity contribution in [3.05, 3.63) is 87.7 Å². The van der Waals surface area contributed by atoms with Crippen LogP contribution in [0.1, 0.15) is 60.4 Å². The maximum Gasteiger partial charge on any atom is 0.264 e. The molecule has 0 aromatic heterocycles. The molecule has 0 radical (unpaired) electrons. The maximum absolute atomic E-state index is 15.1. The monoisotopic (exact) mass is 534 g/mol. The first-order chi connectivity index (χ1) is 18.0. The van der Waals surface area contributed by atoms with Crippen LogP contribution in [0.4, 0.5) is 10.1 Å². The second-order valence-electron chi connectivity index (χ2n) is 10.2. The number of carbonyl (C=O) groups is 1. The number of rotatable bonds is 7. The predicted octanol–water partition coefficient (Wildman–Crippen LogP) is 6.99. The zero-order chi connectivity index (χ0) is 27.6. The van der Waals surface area contributed by atoms with Crippen molar-refractivity contribution < 1.29 is 17.6 Å². The molecule has 0 bridgehead atoms. The van der Waals surface area contributed by atoms with Crippen LogP contribution < -0.4 is 10.0 Å². The third-order valence-corrected chi connectivity index (χ3v) is 9.00. The lowest BCUT2D eigenvalue weighted by Crippen LogP contribution is -2.31. The third-order valence-electron chi connectivity index (χ3n) is 7.66. The Morgan fingerprint density at radius 3 is 2.11 bits per heavy atom. The number of anilines is 1. The van der Waals surface area contributed by atoms with Crippen molar-refractivity contribution in [2.45, 2.75) is 71.2 Å². The van der Waals surface area contributed by atoms with Gasteiger partial charge in [0.15, 0.2) is 0 Å². The van der Waals surface area contributed by atoms with Gasteiger partial charge in [-0.25, -0.2) is 17.5 Å². The molecule has 5 nitrogen and oxygen atoms in total. The Kier molecular flexibility index (Phi) is 8.07. The largest absolute Gasteiger partial charge is 0.380 e. The van der Waals surface area contributed by atoms with Crippen LogP contribution in [-0.2, 0) is 14.8 Å². The lowest BCUT2D eigenvalue weighted by molar-refractivity contribution is -0.115. The molecule has 0 heterocycles. The van der Waals surface area contributed by atoms with Gasteiger partial charge < -0.3 is 5.32 Å². The normalized spacial score (nSPS) is 14.5. The summed E-state index contributed by atoms with van der Waals surface area (Å²) in [6.45, 7) is 9.52. The van der Waals surface area contributed by atoms with E-state index in [0.717, 1.165) is 51.8 Å². The first-order valence-electron chi connectivity index (χ1n) is 13.0. The quantitative estimate of drug-likeness (QED) is 0.320. The van der Waals surface area contributed by atoms with E-state index < -0.39 is 15.9 Å². The Morgan fingerprint density at radius 2 is 1.53 bits per heavy atom. The summed E-state index contributed by atoms with van der Waals surface area (Å²) in [7, 11) is -3.97. The van der Waals surface area contributed by atoms with Gasteiger partial charge in [0.2, 0.25) is 0 Å². The van der Waals surface area contributed by atoms with Crippen LogP contribution in [0.3, 0.4) is 0 Å². The van der Waals surface area contributed by atoms with E-state index in [0.29, 0.717) is 11.7 Å². The minimum Gasteiger partial charge on any atom is -0.380 e. The van der Waals surface area contributed by atoms with Crippen LogP contribution in [-0.4, -0.2) is 20.4 Å². The molecule has 2 N–H and O–H groups in total. The van der Waals surface area contributed by atoms with Gasteiger partial charge in [-0.05, 0) is 117 Å². The van der Waals surface area contributed by atoms with Gasteiger partial charge >= 0.3 is 0 Å². The van der Waals surface area contributed by atoms with E-state index in [9.17, 15) is 13.2 Å². The van der Waals surface area contributed by atoms with Crippen molar-refractivity contribution in [3.63, 3.8) is 0 Å². The fraction of sp³-hybridized carbons (Fsp3) is 0.323. The molecule has 200 valence electrons. The van der Waals surface area contributed by atoms with Crippen LogP contribution >= 0.6 is 0 Å². The Hall–Kier alpha value is -3.45. The molecule has 38 heavy (non-hydrogen) atoms. The van der Waals surface area contributed by atoms with Crippen molar-refractivity contribution in [1.82, 2.24) is 4.72 Å². The number of sulfonamides is 1. The first kappa shape index (κ1) is 27.6. The molecule has 3 aromatic rings. The average molecular weight is 535 g/mol. The van der Waals surface area contributed by atoms with Gasteiger partial charge in [0, 0.05) is 11.6 Å². The molecule has 1 aliphatic rings. The Labute approximate surface area is 225 Å². The highest BCUT2D eigenvalue weighted by Crippen LogP contribution is 2.37. The van der Waals surface area contributed by atoms with Crippen molar-refractivity contribution in [1.29, 1.82) is 0 Å². The van der Waals surface area contributed by atoms with E-state index in [2.05, 4.69) is 10.0 Å². The molecule has 0 atom stereocenters. The van der Waals surface area contributed by atoms with E-state index in [1.54, 1.807) is 37.3 Å². The smallest absolute Gasteiger partial charge is 0.264 e. The van der Waals surface area contributed by atoms with E-state index in [4.69, 9.17) is 0 Å². The van der Waals surface area contributed by atoms with E-state index in [-0.39, 0.29) is 16.3 Å². The lowest BCUT2D eigenvalue weighted by Gasteiger charge is -2.21. The summed E-state index contributed by atoms with van der Waals surface area (Å²) in [4.78, 5) is 12.8. The summed E-state index contributed by atoms with van der Waals surface area (Å²) in [6.07, 6.45) is 6.22. The molecule has 1 fully saturated rings. The summed E-state index contributed by atoms with van der Waals surface area (Å²) >= 11 is 0. The summed E-state index contributed by atoms with van der Waals surface area (Å²) in [6, 6.07) is 13.5. The molecule has 1 aliphatic carbocycles. The molecule has 3 aromatic carbocycles. The molecule has 1 amide bonds. The third kappa shape index (κ3) is 5.68. The summed E-state index contributed by atoms with van der Waals surface area (Å²) in [5.74, 6) is -0.945. The molecular weight excluding hydrogens is 499 g/mol. The standard InChI is InChI=1S/C31H35FN2O3S/c1-19(31(35)34-38(36,37)26-13-7-6-8-14-26)17-27-20(2)22(4)30(23(5)21(27)3)24-15-16-29(28(32)18-24)33-25-11-9-10-12-25/h6-8,13-18,25,33H,9-12H2,1-5H3,(H,34,35)/b19-17+. The van der Waals surface area contributed by atoms with Crippen LogP contribution in [0.15, 0.2) is 59.0 Å². The average Bonchev–Trinajstić information content (AvgIpc) is 3.40. The Bertz CT molecular complexity index is 1480. The van der Waals surface area contributed by atoms with Gasteiger partial charge in [0.1, 0.15) is 5.82 Å². The van der Waals surface area contributed by atoms with E-state index >= 15 is 4.39 Å². The zero-order valence-electron chi connectivity index (χ0n) is 22.6. The topological polar surface area (TPSA) is 75.3 Å². The SMILES string of the molecule is C/C(=C\c1c(C)c(C)c(-c2ccc(NC3CCCC3)c(F)c2)c(C)c1C)C(=O)NS(=O)(=O)c1ccccc1. The highest BCUT2D eigenvalue weighted by atomic mass is 32.2. The first-order valence-corrected chi connectivity index (χ1v) is 14.4. The number of hydrogen-bond donors (Lipinski definition) is 2. The molecule has 4 rings (SSSR count). The Morgan fingerprint density at radius 1 is 0.921 bits per heavy atom. The fourth-order valence-electron chi connectivity index (χ4n) is 5.21. The number of halogens is 1. The Balaban J connectivity index is 1.64. The van der Waals surface area contributed by atoms with Gasteiger partial charge in [-0.1, -0.05) is 37.1 Å². The second kappa shape index (κ2) is 11.1. The van der Waals surface area contributed by atoms with Gasteiger partial charge in [0.05, 0.1) is 10.6 Å². The lowest BCUT2D eigenvalue weighted by atomic mass is 9.85. The predicted molar refractivity (Wildman–Crippen MR) is 152 cm³/mol. The molecular formula is C31H35FN2O3S. The fourth-order valence-corrected chi connectivity index (χ4v) is 6.25. The minimum atomic E-state index is -3.97. The summed E-state index contributed by atoms with van der Waals surface area (Å²) in [5, 5.41) is 3.34. The zero-order valence-corrected chi connectivity index (χ0v) is 23.4. The van der Waals surface area contributed by atoms with Crippen molar-refractivity contribution in [2.24, 2.45) is 0 Å². The van der Waals surface area contributed by atoms with Gasteiger partial charge in [-0.15, -0.1) is 0 Å². The molecule has 0 saturated heterocycles. The molecule has 1 saturated carbocycles. The molecule has 0 aliphatic heterocycles. The summed E-state index contributed by atoms with van der Waals surface area (Å²) in [5.41, 5.74) is 7.32. The van der Waals surface area contributed by atoms with E-state index in [1.807, 2.05) is 39.8 Å². The van der Waals surface area contributed by atoms with E-state index in [1.165, 1.54) is 25.0 Å². The highest BCUT2D eigenvalue weighted by molar-refractivity contribution is 7.90. The van der Waals surface area contributed by atoms with Gasteiger partial charge in [-0.2, -0.15) is 0 Å². The van der Waals surface area contributed by atoms with Gasteiger partial charge in [-0.3, -0.25) is 4.79 Å². The highest BCUT2D eigenvalue weighted by Gasteiger charge is 2.21. The number of benzene rings is 3. The number of carbonyl (C=O) groups excluding carboxylic acids is 1. The van der Waals surface area contributed by atoms with Crippen LogP contribution in [0.2, 0.25) is 0 Å². The number of hydrogen-bond acceptors (Lipinski definition) is 4. The van der Waals surface area contributed by atoms with Crippen molar-refractivity contribution in [3.8, 4) is 11.1 Å². The van der Waals surface area contributed by atoms with Gasteiger partial charge in [0.25, 0.3) is 15.9 Å². The van der Waals surface area contributed by atoms with Crippen molar-refractivity contribution >= 4 is 27.7 Å². The van der Waals surface area contributed by atoms with Crippen molar-refractivity contribution in [2.75, 3.05) is 5.32 Å². The molecule has 0 spiro atoms. The minimum absolute atomic E-state index is 0.0289. The molecule has 0 unspecified atom stereocenters. The van der Waals surface area contributed by atoms with Crippen LogP contribution in [0, 0.1) is 33.5 Å². The van der Waals surface area contributed by atoms with Crippen LogP contribution in [0.5, 0.6) is 0 Å². The summed E-state index contributed by atoms with van der Waals surface area (Å²) < 4.78 is 42.4. The van der Waals surface area contributed by atoms with Crippen LogP contribution in [0.25, 0.3) is 17.2 Å². The molecule has 7 heteroatoms. The second-order valence-corrected chi connectivity index (χ2v) is 11.9.